The van der Waals surface area contributed by atoms with Gasteiger partial charge in [0.05, 0.1) is 11.9 Å². The van der Waals surface area contributed by atoms with Gasteiger partial charge in [0, 0.05) is 18.4 Å². The molecule has 2 aromatic rings. The predicted octanol–water partition coefficient (Wildman–Crippen LogP) is 3.89. The van der Waals surface area contributed by atoms with Gasteiger partial charge >= 0.3 is 0 Å². The standard InChI is InChI=1S/C17H24N4/c1-13(2)14-4-6-15(7-5-14)20-16-8-9-17(18-12-16)21-11-3-10-19-21/h3,8-15,20H,4-7H2,1-2H3. The number of hydrogen-bond donors (Lipinski definition) is 1. The molecule has 0 bridgehead atoms. The Labute approximate surface area is 126 Å². The van der Waals surface area contributed by atoms with Crippen molar-refractivity contribution in [2.24, 2.45) is 11.8 Å². The molecular weight excluding hydrogens is 260 g/mol. The Morgan fingerprint density at radius 1 is 1.19 bits per heavy atom. The van der Waals surface area contributed by atoms with E-state index in [0.717, 1.165) is 23.3 Å². The van der Waals surface area contributed by atoms with Crippen LogP contribution in [0, 0.1) is 11.8 Å². The number of pyridine rings is 1. The first-order valence-corrected chi connectivity index (χ1v) is 7.95. The Morgan fingerprint density at radius 3 is 2.57 bits per heavy atom. The second-order valence-corrected chi connectivity index (χ2v) is 6.36. The highest BCUT2D eigenvalue weighted by atomic mass is 15.3. The van der Waals surface area contributed by atoms with Crippen LogP contribution in [-0.2, 0) is 0 Å². The average molecular weight is 284 g/mol. The first-order valence-electron chi connectivity index (χ1n) is 7.95. The molecule has 0 aliphatic heterocycles. The zero-order chi connectivity index (χ0) is 14.7. The molecule has 0 atom stereocenters. The summed E-state index contributed by atoms with van der Waals surface area (Å²) in [4.78, 5) is 4.47. The summed E-state index contributed by atoms with van der Waals surface area (Å²) in [6.45, 7) is 4.69. The first-order chi connectivity index (χ1) is 10.2. The van der Waals surface area contributed by atoms with Crippen molar-refractivity contribution < 1.29 is 0 Å². The summed E-state index contributed by atoms with van der Waals surface area (Å²) in [6, 6.07) is 6.60. The molecule has 1 saturated carbocycles. The van der Waals surface area contributed by atoms with Gasteiger partial charge in [0.2, 0.25) is 0 Å². The second-order valence-electron chi connectivity index (χ2n) is 6.36. The van der Waals surface area contributed by atoms with E-state index < -0.39 is 0 Å². The summed E-state index contributed by atoms with van der Waals surface area (Å²) in [6.07, 6.45) is 10.8. The minimum absolute atomic E-state index is 0.595. The van der Waals surface area contributed by atoms with Crippen molar-refractivity contribution in [3.63, 3.8) is 0 Å². The fraction of sp³-hybridized carbons (Fsp3) is 0.529. The molecule has 0 saturated heterocycles. The molecule has 1 N–H and O–H groups in total. The molecule has 3 rings (SSSR count). The third kappa shape index (κ3) is 3.43. The number of hydrogen-bond acceptors (Lipinski definition) is 3. The van der Waals surface area contributed by atoms with E-state index in [9.17, 15) is 0 Å². The number of anilines is 1. The van der Waals surface area contributed by atoms with E-state index in [4.69, 9.17) is 0 Å². The fourth-order valence-electron chi connectivity index (χ4n) is 3.18. The summed E-state index contributed by atoms with van der Waals surface area (Å²) in [7, 11) is 0. The lowest BCUT2D eigenvalue weighted by atomic mass is 9.80. The molecule has 0 aromatic carbocycles. The normalized spacial score (nSPS) is 22.4. The average Bonchev–Trinajstić information content (AvgIpc) is 3.03. The Morgan fingerprint density at radius 2 is 2.00 bits per heavy atom. The Kier molecular flexibility index (Phi) is 4.23. The molecule has 1 aliphatic rings. The van der Waals surface area contributed by atoms with Crippen LogP contribution in [-0.4, -0.2) is 20.8 Å². The van der Waals surface area contributed by atoms with Gasteiger partial charge < -0.3 is 5.32 Å². The molecule has 112 valence electrons. The molecule has 1 aliphatic carbocycles. The van der Waals surface area contributed by atoms with Crippen LogP contribution in [0.3, 0.4) is 0 Å². The first kappa shape index (κ1) is 14.1. The highest BCUT2D eigenvalue weighted by Gasteiger charge is 2.22. The van der Waals surface area contributed by atoms with Crippen molar-refractivity contribution >= 4 is 5.69 Å². The molecule has 0 amide bonds. The van der Waals surface area contributed by atoms with E-state index in [0.29, 0.717) is 6.04 Å². The summed E-state index contributed by atoms with van der Waals surface area (Å²) in [5, 5.41) is 7.81. The van der Waals surface area contributed by atoms with Gasteiger partial charge in [-0.15, -0.1) is 0 Å². The maximum atomic E-state index is 4.47. The molecule has 0 unspecified atom stereocenters. The summed E-state index contributed by atoms with van der Waals surface area (Å²) >= 11 is 0. The van der Waals surface area contributed by atoms with Crippen molar-refractivity contribution in [2.75, 3.05) is 5.32 Å². The van der Waals surface area contributed by atoms with E-state index in [-0.39, 0.29) is 0 Å². The molecule has 2 heterocycles. The van der Waals surface area contributed by atoms with Crippen LogP contribution in [0.15, 0.2) is 36.8 Å². The Bertz CT molecular complexity index is 537. The van der Waals surface area contributed by atoms with Crippen molar-refractivity contribution in [3.8, 4) is 5.82 Å². The van der Waals surface area contributed by atoms with Crippen LogP contribution < -0.4 is 5.32 Å². The van der Waals surface area contributed by atoms with Crippen molar-refractivity contribution in [2.45, 2.75) is 45.6 Å². The van der Waals surface area contributed by atoms with E-state index >= 15 is 0 Å². The summed E-state index contributed by atoms with van der Waals surface area (Å²) in [5.74, 6) is 2.58. The quantitative estimate of drug-likeness (QED) is 0.926. The van der Waals surface area contributed by atoms with Gasteiger partial charge in [0.25, 0.3) is 0 Å². The van der Waals surface area contributed by atoms with Gasteiger partial charge in [-0.2, -0.15) is 5.10 Å². The molecule has 0 spiro atoms. The highest BCUT2D eigenvalue weighted by Crippen LogP contribution is 2.31. The smallest absolute Gasteiger partial charge is 0.153 e. The zero-order valence-corrected chi connectivity index (χ0v) is 12.9. The highest BCUT2D eigenvalue weighted by molar-refractivity contribution is 5.44. The Hall–Kier alpha value is -1.84. The van der Waals surface area contributed by atoms with Gasteiger partial charge in [0.1, 0.15) is 0 Å². The maximum Gasteiger partial charge on any atom is 0.153 e. The van der Waals surface area contributed by atoms with Crippen molar-refractivity contribution in [1.29, 1.82) is 0 Å². The van der Waals surface area contributed by atoms with Crippen molar-refractivity contribution in [1.82, 2.24) is 14.8 Å². The topological polar surface area (TPSA) is 42.7 Å². The van der Waals surface area contributed by atoms with Gasteiger partial charge in [-0.1, -0.05) is 13.8 Å². The van der Waals surface area contributed by atoms with Gasteiger partial charge in [-0.05, 0) is 55.7 Å². The van der Waals surface area contributed by atoms with Crippen molar-refractivity contribution in [3.05, 3.63) is 36.8 Å². The predicted molar refractivity (Wildman–Crippen MR) is 85.6 cm³/mol. The van der Waals surface area contributed by atoms with Gasteiger partial charge in [0.15, 0.2) is 5.82 Å². The van der Waals surface area contributed by atoms with Crippen LogP contribution >= 0.6 is 0 Å². The lowest BCUT2D eigenvalue weighted by molar-refractivity contribution is 0.267. The van der Waals surface area contributed by atoms with Crippen LogP contribution in [0.2, 0.25) is 0 Å². The number of aromatic nitrogens is 3. The largest absolute Gasteiger partial charge is 0.381 e. The lowest BCUT2D eigenvalue weighted by Crippen LogP contribution is -2.27. The van der Waals surface area contributed by atoms with Crippen LogP contribution in [0.25, 0.3) is 5.82 Å². The van der Waals surface area contributed by atoms with Crippen LogP contribution in [0.1, 0.15) is 39.5 Å². The number of nitrogens with zero attached hydrogens (tertiary/aromatic N) is 3. The molecule has 0 radical (unpaired) electrons. The maximum absolute atomic E-state index is 4.47. The lowest BCUT2D eigenvalue weighted by Gasteiger charge is -2.31. The monoisotopic (exact) mass is 284 g/mol. The second kappa shape index (κ2) is 6.29. The molecule has 4 nitrogen and oxygen atoms in total. The van der Waals surface area contributed by atoms with Gasteiger partial charge in [-0.25, -0.2) is 9.67 Å². The fourth-order valence-corrected chi connectivity index (χ4v) is 3.18. The zero-order valence-electron chi connectivity index (χ0n) is 12.9. The summed E-state index contributed by atoms with van der Waals surface area (Å²) in [5.41, 5.74) is 1.11. The van der Waals surface area contributed by atoms with Crippen LogP contribution in [0.5, 0.6) is 0 Å². The molecule has 4 heteroatoms. The Balaban J connectivity index is 1.57. The number of rotatable bonds is 4. The van der Waals surface area contributed by atoms with E-state index in [1.165, 1.54) is 25.7 Å². The summed E-state index contributed by atoms with van der Waals surface area (Å²) < 4.78 is 1.78. The third-order valence-corrected chi connectivity index (χ3v) is 4.57. The van der Waals surface area contributed by atoms with Crippen LogP contribution in [0.4, 0.5) is 5.69 Å². The molecule has 2 aromatic heterocycles. The van der Waals surface area contributed by atoms with Gasteiger partial charge in [-0.3, -0.25) is 0 Å². The molecular formula is C17H24N4. The number of nitrogens with one attached hydrogen (secondary N) is 1. The van der Waals surface area contributed by atoms with E-state index in [1.54, 1.807) is 10.9 Å². The SMILES string of the molecule is CC(C)C1CCC(Nc2ccc(-n3cccn3)nc2)CC1. The third-order valence-electron chi connectivity index (χ3n) is 4.57. The molecule has 1 fully saturated rings. The minimum atomic E-state index is 0.595. The minimum Gasteiger partial charge on any atom is -0.381 e. The van der Waals surface area contributed by atoms with E-state index in [2.05, 4.69) is 35.3 Å². The van der Waals surface area contributed by atoms with E-state index in [1.807, 2.05) is 24.5 Å². The molecule has 21 heavy (non-hydrogen) atoms.